The van der Waals surface area contributed by atoms with Crippen LogP contribution in [-0.2, 0) is 9.59 Å². The van der Waals surface area contributed by atoms with E-state index in [4.69, 9.17) is 38.2 Å². The van der Waals surface area contributed by atoms with Crippen molar-refractivity contribution in [2.75, 3.05) is 20.2 Å². The number of benzene rings is 8. The molecule has 5 atom stereocenters. The third kappa shape index (κ3) is 14.5. The Morgan fingerprint density at radius 2 is 1.12 bits per heavy atom. The number of hydrogen-bond acceptors (Lipinski definition) is 7. The number of aliphatic hydroxyl groups excluding tert-OH is 1. The van der Waals surface area contributed by atoms with Crippen molar-refractivity contribution in [1.29, 1.82) is 5.26 Å². The van der Waals surface area contributed by atoms with Crippen molar-refractivity contribution >= 4 is 68.5 Å². The van der Waals surface area contributed by atoms with Crippen molar-refractivity contribution in [2.45, 2.75) is 82.7 Å². The Kier molecular flexibility index (Phi) is 20.2. The Hall–Kier alpha value is -8.01. The summed E-state index contributed by atoms with van der Waals surface area (Å²) in [6.07, 6.45) is 1.98. The van der Waals surface area contributed by atoms with Gasteiger partial charge in [-0.25, -0.2) is 4.79 Å². The smallest absolute Gasteiger partial charge is 0.334 e. The number of carbonyl (C=O) groups is 4. The highest BCUT2D eigenvalue weighted by atomic mass is 35.5. The number of carbonyl (C=O) groups excluding carboxylic acids is 2. The van der Waals surface area contributed by atoms with Crippen LogP contribution in [0.2, 0.25) is 10.0 Å². The lowest BCUT2D eigenvalue weighted by Crippen LogP contribution is -2.36. The van der Waals surface area contributed by atoms with Crippen LogP contribution in [0.25, 0.3) is 21.5 Å². The number of rotatable bonds is 21. The quantitative estimate of drug-likeness (QED) is 0.0467. The van der Waals surface area contributed by atoms with Crippen LogP contribution in [0.4, 0.5) is 0 Å². The van der Waals surface area contributed by atoms with Crippen LogP contribution in [0.5, 0.6) is 5.75 Å². The highest BCUT2D eigenvalue weighted by molar-refractivity contribution is 6.30. The van der Waals surface area contributed by atoms with Crippen molar-refractivity contribution in [2.24, 2.45) is 0 Å². The molecular weight excluding hydrogens is 1020 g/mol. The van der Waals surface area contributed by atoms with E-state index in [1.54, 1.807) is 31.4 Å². The normalized spacial score (nSPS) is 12.9. The molecule has 0 aliphatic rings. The van der Waals surface area contributed by atoms with E-state index in [1.165, 1.54) is 5.56 Å². The largest absolute Gasteiger partial charge is 0.497 e. The monoisotopic (exact) mass is 1080 g/mol. The van der Waals surface area contributed by atoms with Gasteiger partial charge in [-0.05, 0) is 159 Å². The van der Waals surface area contributed by atoms with Gasteiger partial charge in [0, 0.05) is 39.6 Å². The van der Waals surface area contributed by atoms with Crippen LogP contribution >= 0.6 is 23.2 Å². The molecule has 0 aromatic heterocycles. The molecule has 400 valence electrons. The lowest BCUT2D eigenvalue weighted by atomic mass is 9.73. The summed E-state index contributed by atoms with van der Waals surface area (Å²) in [4.78, 5) is 46.7. The minimum atomic E-state index is -1.65. The zero-order chi connectivity index (χ0) is 55.9. The molecule has 0 aliphatic carbocycles. The van der Waals surface area contributed by atoms with Gasteiger partial charge in [0.05, 0.1) is 31.7 Å². The summed E-state index contributed by atoms with van der Waals surface area (Å²) in [6, 6.07) is 56.1. The number of carboxylic acids is 2. The van der Waals surface area contributed by atoms with Crippen molar-refractivity contribution in [3.63, 3.8) is 0 Å². The van der Waals surface area contributed by atoms with Crippen molar-refractivity contribution in [1.82, 2.24) is 10.6 Å². The van der Waals surface area contributed by atoms with Gasteiger partial charge in [-0.2, -0.15) is 5.26 Å². The Bertz CT molecular complexity index is 3410. The van der Waals surface area contributed by atoms with Crippen LogP contribution in [0.3, 0.4) is 0 Å². The molecule has 5 N–H and O–H groups in total. The first kappa shape index (κ1) is 57.7. The fourth-order valence-electron chi connectivity index (χ4n) is 10.3. The van der Waals surface area contributed by atoms with Gasteiger partial charge in [0.1, 0.15) is 5.75 Å². The SMILES string of the molecule is CCC[C@H](c1ccc(C(=O)NCCC(=O)O)cc1)C(c1ccc(Cl)cc1)c1cccc2c(C#N)cc(C)cc12.CCC[C@H](c1ccc(C(=O)NC[C@H](O)C(=O)O)cc1)C(c1ccc(Cl)cc1)c1ccc2cc(OC)ccc2c1. The number of nitrogens with zero attached hydrogens (tertiary/aromatic N) is 1. The fraction of sp³-hybridized carbons (Fsp3) is 0.246. The van der Waals surface area contributed by atoms with Gasteiger partial charge in [0.2, 0.25) is 0 Å². The predicted molar refractivity (Wildman–Crippen MR) is 309 cm³/mol. The first-order valence-corrected chi connectivity index (χ1v) is 26.8. The first-order valence-electron chi connectivity index (χ1n) is 26.0. The molecule has 0 aliphatic heterocycles. The second kappa shape index (κ2) is 27.3. The molecule has 2 unspecified atom stereocenters. The van der Waals surface area contributed by atoms with E-state index >= 15 is 0 Å². The van der Waals surface area contributed by atoms with E-state index in [0.717, 1.165) is 86.4 Å². The number of methoxy groups -OCH3 is 1. The van der Waals surface area contributed by atoms with Crippen LogP contribution < -0.4 is 15.4 Å². The third-order valence-electron chi connectivity index (χ3n) is 14.1. The van der Waals surface area contributed by atoms with Crippen LogP contribution in [-0.4, -0.2) is 65.4 Å². The fourth-order valence-corrected chi connectivity index (χ4v) is 10.6. The number of carboxylic acid groups (broad SMARTS) is 2. The molecule has 0 bridgehead atoms. The molecule has 13 heteroatoms. The highest BCUT2D eigenvalue weighted by Gasteiger charge is 2.30. The van der Waals surface area contributed by atoms with E-state index in [0.29, 0.717) is 26.7 Å². The van der Waals surface area contributed by atoms with Crippen molar-refractivity contribution in [3.8, 4) is 11.8 Å². The number of aryl methyl sites for hydroxylation is 1. The lowest BCUT2D eigenvalue weighted by Gasteiger charge is -2.30. The van der Waals surface area contributed by atoms with E-state index < -0.39 is 23.9 Å². The van der Waals surface area contributed by atoms with Crippen molar-refractivity contribution < 1.29 is 39.2 Å². The zero-order valence-electron chi connectivity index (χ0n) is 44.0. The zero-order valence-corrected chi connectivity index (χ0v) is 45.5. The van der Waals surface area contributed by atoms with E-state index in [2.05, 4.69) is 91.2 Å². The minimum Gasteiger partial charge on any atom is -0.497 e. The molecule has 8 aromatic rings. The Morgan fingerprint density at radius 1 is 0.603 bits per heavy atom. The minimum absolute atomic E-state index is 0.0190. The molecule has 0 fully saturated rings. The highest BCUT2D eigenvalue weighted by Crippen LogP contribution is 2.46. The molecule has 8 rings (SSSR count). The molecule has 0 saturated carbocycles. The molecule has 8 aromatic carbocycles. The maximum absolute atomic E-state index is 12.5. The Morgan fingerprint density at radius 3 is 1.65 bits per heavy atom. The second-order valence-corrected chi connectivity index (χ2v) is 20.3. The molecule has 0 spiro atoms. The number of aliphatic hydroxyl groups is 1. The van der Waals surface area contributed by atoms with Gasteiger partial charge < -0.3 is 30.7 Å². The summed E-state index contributed by atoms with van der Waals surface area (Å²) in [6.45, 7) is 6.06. The maximum Gasteiger partial charge on any atom is 0.334 e. The second-order valence-electron chi connectivity index (χ2n) is 19.4. The van der Waals surface area contributed by atoms with Gasteiger partial charge >= 0.3 is 11.9 Å². The van der Waals surface area contributed by atoms with Crippen LogP contribution in [0, 0.1) is 18.3 Å². The molecule has 2 amide bonds. The summed E-state index contributed by atoms with van der Waals surface area (Å²) in [5.41, 5.74) is 9.37. The van der Waals surface area contributed by atoms with Crippen LogP contribution in [0.1, 0.15) is 135 Å². The van der Waals surface area contributed by atoms with E-state index in [1.807, 2.05) is 85.8 Å². The third-order valence-corrected chi connectivity index (χ3v) is 14.6. The summed E-state index contributed by atoms with van der Waals surface area (Å²) < 4.78 is 5.39. The topological polar surface area (TPSA) is 186 Å². The van der Waals surface area contributed by atoms with Gasteiger partial charge in [-0.1, -0.05) is 147 Å². The molecule has 0 heterocycles. The summed E-state index contributed by atoms with van der Waals surface area (Å²) in [5.74, 6) is -2.01. The molecule has 78 heavy (non-hydrogen) atoms. The van der Waals surface area contributed by atoms with Gasteiger partial charge in [-0.15, -0.1) is 0 Å². The Balaban J connectivity index is 0.000000226. The maximum atomic E-state index is 12.5. The van der Waals surface area contributed by atoms with Gasteiger partial charge in [0.15, 0.2) is 6.10 Å². The number of fused-ring (bicyclic) bond motifs is 2. The molecule has 11 nitrogen and oxygen atoms in total. The number of halogens is 2. The average molecular weight is 1090 g/mol. The number of amides is 2. The van der Waals surface area contributed by atoms with E-state index in [-0.39, 0.29) is 49.1 Å². The van der Waals surface area contributed by atoms with Gasteiger partial charge in [0.25, 0.3) is 11.8 Å². The first-order chi connectivity index (χ1) is 37.6. The number of nitriles is 1. The summed E-state index contributed by atoms with van der Waals surface area (Å²) >= 11 is 12.5. The molecule has 0 saturated heterocycles. The number of hydrogen-bond donors (Lipinski definition) is 5. The average Bonchev–Trinajstić information content (AvgIpc) is 3.45. The summed E-state index contributed by atoms with van der Waals surface area (Å²) in [5, 5.41) is 47.7. The molecule has 0 radical (unpaired) electrons. The van der Waals surface area contributed by atoms with Crippen molar-refractivity contribution in [3.05, 3.63) is 229 Å². The number of ether oxygens (including phenoxy) is 1. The molecular formula is C65H63Cl2N3O8. The van der Waals surface area contributed by atoms with Gasteiger partial charge in [-0.3, -0.25) is 14.4 Å². The van der Waals surface area contributed by atoms with Crippen LogP contribution in [0.15, 0.2) is 164 Å². The number of nitrogens with one attached hydrogen (secondary N) is 2. The lowest BCUT2D eigenvalue weighted by molar-refractivity contribution is -0.146. The Labute approximate surface area is 465 Å². The predicted octanol–water partition coefficient (Wildman–Crippen LogP) is 14.0. The standard InChI is InChI=1S/C33H31ClN2O3.C32H32ClNO5/c1-3-5-28(22-8-10-24(11-9-22)33(39)36-17-16-31(37)38)32(23-12-14-26(34)15-13-23)29-7-4-6-27-25(20-35)18-21(2)19-30(27)29;1-3-4-28(20-5-7-22(8-6-20)31(36)34-19-29(35)32(37)38)30(21-11-14-26(33)15-12-21)25-10-9-24-18-27(39-2)16-13-23(24)17-25/h4,6-15,18-19,28,32H,3,5,16-17H2,1-2H3,(H,36,39)(H,37,38);5-18,28-30,35H,3-4,19H2,1-2H3,(H,34,36)(H,37,38)/t28-,32?;28-,29+,30?/m11/s1. The number of aliphatic carboxylic acids is 2. The summed E-state index contributed by atoms with van der Waals surface area (Å²) in [7, 11) is 1.66. The van der Waals surface area contributed by atoms with E-state index in [9.17, 15) is 29.5 Å².